The Morgan fingerprint density at radius 3 is 2.65 bits per heavy atom. The van der Waals surface area contributed by atoms with Crippen molar-refractivity contribution in [2.75, 3.05) is 7.11 Å². The van der Waals surface area contributed by atoms with Gasteiger partial charge in [0.25, 0.3) is 5.91 Å². The molecule has 1 N–H and O–H groups in total. The number of benzene rings is 2. The second-order valence-electron chi connectivity index (χ2n) is 6.93. The fourth-order valence-corrected chi connectivity index (χ4v) is 4.39. The van der Waals surface area contributed by atoms with Gasteiger partial charge in [0.2, 0.25) is 0 Å². The van der Waals surface area contributed by atoms with Gasteiger partial charge in [0.05, 0.1) is 11.5 Å². The van der Waals surface area contributed by atoms with Gasteiger partial charge in [0.1, 0.15) is 18.2 Å². The summed E-state index contributed by atoms with van der Waals surface area (Å²) in [6.07, 6.45) is 3.49. The number of carbonyl (C=O) groups is 1. The number of methoxy groups -OCH3 is 1. The van der Waals surface area contributed by atoms with Gasteiger partial charge in [0, 0.05) is 47.3 Å². The Balaban J connectivity index is 1.41. The van der Waals surface area contributed by atoms with E-state index in [1.54, 1.807) is 18.5 Å². The van der Waals surface area contributed by atoms with Crippen LogP contribution in [0.5, 0.6) is 5.75 Å². The van der Waals surface area contributed by atoms with Gasteiger partial charge < -0.3 is 14.8 Å². The van der Waals surface area contributed by atoms with Crippen LogP contribution in [0.15, 0.2) is 67.0 Å². The predicted molar refractivity (Wildman–Crippen MR) is 119 cm³/mol. The topological polar surface area (TPSA) is 60.5 Å². The van der Waals surface area contributed by atoms with E-state index in [9.17, 15) is 9.18 Å². The second-order valence-corrected chi connectivity index (χ2v) is 7.98. The first-order chi connectivity index (χ1) is 15.2. The monoisotopic (exact) mass is 436 g/mol. The standard InChI is InChI=1S/C24H21FN2O3S/c1-29-15-19-22-20(25)5-2-6-21(22)31-23(19)24(28)27-13-16-7-9-18(10-8-16)30-14-17-4-3-11-26-12-17/h2-12H,13-15H2,1H3,(H,27,28). The highest BCUT2D eigenvalue weighted by atomic mass is 32.1. The molecule has 1 amide bonds. The summed E-state index contributed by atoms with van der Waals surface area (Å²) in [5.41, 5.74) is 2.50. The molecule has 2 heterocycles. The Morgan fingerprint density at radius 2 is 1.90 bits per heavy atom. The lowest BCUT2D eigenvalue weighted by Gasteiger charge is -2.09. The average Bonchev–Trinajstić information content (AvgIpc) is 3.17. The van der Waals surface area contributed by atoms with Crippen molar-refractivity contribution in [1.29, 1.82) is 0 Å². The van der Waals surface area contributed by atoms with E-state index in [1.165, 1.54) is 24.5 Å². The number of rotatable bonds is 8. The quantitative estimate of drug-likeness (QED) is 0.418. The Hall–Kier alpha value is -3.29. The van der Waals surface area contributed by atoms with Crippen LogP contribution in [0.1, 0.15) is 26.4 Å². The molecular formula is C24H21FN2O3S. The van der Waals surface area contributed by atoms with Crippen molar-refractivity contribution in [1.82, 2.24) is 10.3 Å². The number of ether oxygens (including phenoxy) is 2. The highest BCUT2D eigenvalue weighted by Crippen LogP contribution is 2.33. The maximum Gasteiger partial charge on any atom is 0.262 e. The van der Waals surface area contributed by atoms with Crippen molar-refractivity contribution in [3.8, 4) is 5.75 Å². The van der Waals surface area contributed by atoms with Crippen LogP contribution in [0.4, 0.5) is 4.39 Å². The fraction of sp³-hybridized carbons (Fsp3) is 0.167. The number of amides is 1. The van der Waals surface area contributed by atoms with Crippen LogP contribution in [0, 0.1) is 5.82 Å². The summed E-state index contributed by atoms with van der Waals surface area (Å²) < 4.78 is 26.0. The van der Waals surface area contributed by atoms with Crippen LogP contribution < -0.4 is 10.1 Å². The largest absolute Gasteiger partial charge is 0.489 e. The van der Waals surface area contributed by atoms with E-state index in [-0.39, 0.29) is 18.3 Å². The van der Waals surface area contributed by atoms with Crippen molar-refractivity contribution in [2.24, 2.45) is 0 Å². The predicted octanol–water partition coefficient (Wildman–Crippen LogP) is 5.09. The van der Waals surface area contributed by atoms with Gasteiger partial charge >= 0.3 is 0 Å². The van der Waals surface area contributed by atoms with Crippen LogP contribution in [0.3, 0.4) is 0 Å². The van der Waals surface area contributed by atoms with Crippen molar-refractivity contribution in [2.45, 2.75) is 19.8 Å². The van der Waals surface area contributed by atoms with Gasteiger partial charge in [-0.3, -0.25) is 9.78 Å². The summed E-state index contributed by atoms with van der Waals surface area (Å²) >= 11 is 1.27. The van der Waals surface area contributed by atoms with Gasteiger partial charge in [0.15, 0.2) is 0 Å². The Bertz CT molecular complexity index is 1180. The number of fused-ring (bicyclic) bond motifs is 1. The summed E-state index contributed by atoms with van der Waals surface area (Å²) in [6.45, 7) is 0.965. The van der Waals surface area contributed by atoms with E-state index in [1.807, 2.05) is 42.5 Å². The molecule has 4 rings (SSSR count). The van der Waals surface area contributed by atoms with Gasteiger partial charge in [-0.15, -0.1) is 11.3 Å². The second kappa shape index (κ2) is 9.68. The minimum Gasteiger partial charge on any atom is -0.489 e. The third-order valence-electron chi connectivity index (χ3n) is 4.76. The summed E-state index contributed by atoms with van der Waals surface area (Å²) in [5, 5.41) is 3.37. The van der Waals surface area contributed by atoms with Crippen molar-refractivity contribution >= 4 is 27.3 Å². The molecule has 0 unspecified atom stereocenters. The zero-order chi connectivity index (χ0) is 21.6. The zero-order valence-electron chi connectivity index (χ0n) is 16.9. The van der Waals surface area contributed by atoms with E-state index in [4.69, 9.17) is 9.47 Å². The lowest BCUT2D eigenvalue weighted by Crippen LogP contribution is -2.23. The molecule has 0 atom stereocenters. The molecule has 0 bridgehead atoms. The smallest absolute Gasteiger partial charge is 0.262 e. The number of hydrogen-bond acceptors (Lipinski definition) is 5. The molecule has 4 aromatic rings. The van der Waals surface area contributed by atoms with Crippen LogP contribution in [0.2, 0.25) is 0 Å². The van der Waals surface area contributed by atoms with E-state index < -0.39 is 0 Å². The average molecular weight is 437 g/mol. The van der Waals surface area contributed by atoms with Gasteiger partial charge in [-0.25, -0.2) is 4.39 Å². The third kappa shape index (κ3) is 4.90. The molecule has 0 fully saturated rings. The van der Waals surface area contributed by atoms with E-state index in [0.29, 0.717) is 29.0 Å². The summed E-state index contributed by atoms with van der Waals surface area (Å²) in [5.74, 6) is 0.146. The van der Waals surface area contributed by atoms with Crippen LogP contribution in [0.25, 0.3) is 10.1 Å². The van der Waals surface area contributed by atoms with Crippen LogP contribution in [-0.4, -0.2) is 18.0 Å². The highest BCUT2D eigenvalue weighted by Gasteiger charge is 2.20. The minimum atomic E-state index is -0.346. The fourth-order valence-electron chi connectivity index (χ4n) is 3.25. The number of nitrogens with one attached hydrogen (secondary N) is 1. The first-order valence-electron chi connectivity index (χ1n) is 9.73. The molecule has 0 spiro atoms. The SMILES string of the molecule is COCc1c(C(=O)NCc2ccc(OCc3cccnc3)cc2)sc2cccc(F)c12. The molecule has 0 aliphatic heterocycles. The normalized spacial score (nSPS) is 10.9. The molecule has 2 aromatic heterocycles. The molecule has 2 aromatic carbocycles. The molecular weight excluding hydrogens is 415 g/mol. The molecule has 5 nitrogen and oxygen atoms in total. The lowest BCUT2D eigenvalue weighted by atomic mass is 10.1. The molecule has 7 heteroatoms. The minimum absolute atomic E-state index is 0.173. The summed E-state index contributed by atoms with van der Waals surface area (Å²) in [4.78, 5) is 17.3. The van der Waals surface area contributed by atoms with E-state index >= 15 is 0 Å². The maximum atomic E-state index is 14.3. The van der Waals surface area contributed by atoms with Crippen molar-refractivity contribution < 1.29 is 18.7 Å². The molecule has 0 saturated heterocycles. The molecule has 31 heavy (non-hydrogen) atoms. The Kier molecular flexibility index (Phi) is 6.54. The van der Waals surface area contributed by atoms with E-state index in [0.717, 1.165) is 21.6 Å². The third-order valence-corrected chi connectivity index (χ3v) is 5.96. The van der Waals surface area contributed by atoms with E-state index in [2.05, 4.69) is 10.3 Å². The van der Waals surface area contributed by atoms with Crippen LogP contribution >= 0.6 is 11.3 Å². The Labute approximate surface area is 183 Å². The number of nitrogens with zero attached hydrogens (tertiary/aromatic N) is 1. The van der Waals surface area contributed by atoms with Crippen molar-refractivity contribution in [3.05, 3.63) is 94.4 Å². The molecule has 0 radical (unpaired) electrons. The number of aromatic nitrogens is 1. The zero-order valence-corrected chi connectivity index (χ0v) is 17.7. The van der Waals surface area contributed by atoms with Crippen LogP contribution in [-0.2, 0) is 24.5 Å². The number of thiophene rings is 1. The molecule has 0 aliphatic carbocycles. The molecule has 0 saturated carbocycles. The highest BCUT2D eigenvalue weighted by molar-refractivity contribution is 7.21. The number of pyridine rings is 1. The molecule has 0 aliphatic rings. The first-order valence-corrected chi connectivity index (χ1v) is 10.5. The first kappa shape index (κ1) is 21.0. The summed E-state index contributed by atoms with van der Waals surface area (Å²) in [6, 6.07) is 16.2. The maximum absolute atomic E-state index is 14.3. The Morgan fingerprint density at radius 1 is 1.06 bits per heavy atom. The number of hydrogen-bond donors (Lipinski definition) is 1. The van der Waals surface area contributed by atoms with Crippen molar-refractivity contribution in [3.63, 3.8) is 0 Å². The lowest BCUT2D eigenvalue weighted by molar-refractivity contribution is 0.0950. The summed E-state index contributed by atoms with van der Waals surface area (Å²) in [7, 11) is 1.53. The molecule has 158 valence electrons. The number of halogens is 1. The van der Waals surface area contributed by atoms with Gasteiger partial charge in [-0.2, -0.15) is 0 Å². The van der Waals surface area contributed by atoms with Gasteiger partial charge in [-0.05, 0) is 35.9 Å². The van der Waals surface area contributed by atoms with Gasteiger partial charge in [-0.1, -0.05) is 24.3 Å². The number of carbonyl (C=O) groups excluding carboxylic acids is 1.